The van der Waals surface area contributed by atoms with Crippen LogP contribution in [0.2, 0.25) is 0 Å². The van der Waals surface area contributed by atoms with Crippen molar-refractivity contribution in [1.82, 2.24) is 4.98 Å². The molecule has 2 heterocycles. The highest BCUT2D eigenvalue weighted by Gasteiger charge is 2.17. The Hall–Kier alpha value is -3.41. The normalized spacial score (nSPS) is 11.9. The summed E-state index contributed by atoms with van der Waals surface area (Å²) in [6, 6.07) is 11.9. The van der Waals surface area contributed by atoms with Crippen LogP contribution in [0.4, 0.5) is 10.1 Å². The van der Waals surface area contributed by atoms with Crippen molar-refractivity contribution in [3.8, 4) is 22.8 Å². The lowest BCUT2D eigenvalue weighted by Crippen LogP contribution is -2.16. The van der Waals surface area contributed by atoms with Gasteiger partial charge in [-0.3, -0.25) is 9.78 Å². The molecule has 1 amide bonds. The third-order valence-electron chi connectivity index (χ3n) is 4.64. The Morgan fingerprint density at radius 3 is 2.33 bits per heavy atom. The number of aryl methyl sites for hydroxylation is 2. The third-order valence-corrected chi connectivity index (χ3v) is 4.64. The van der Waals surface area contributed by atoms with Crippen LogP contribution in [0.5, 0.6) is 11.5 Å². The van der Waals surface area contributed by atoms with Gasteiger partial charge in [0.1, 0.15) is 19.0 Å². The second kappa shape index (κ2) is 9.39. The van der Waals surface area contributed by atoms with E-state index in [1.165, 1.54) is 6.07 Å². The smallest absolute Gasteiger partial charge is 0.258 e. The summed E-state index contributed by atoms with van der Waals surface area (Å²) >= 11 is 0. The Morgan fingerprint density at radius 1 is 1.00 bits per heavy atom. The summed E-state index contributed by atoms with van der Waals surface area (Å²) < 4.78 is 25.2. The van der Waals surface area contributed by atoms with Crippen molar-refractivity contribution < 1.29 is 18.7 Å². The Labute approximate surface area is 175 Å². The minimum atomic E-state index is -0.547. The maximum Gasteiger partial charge on any atom is 0.258 e. The molecule has 0 spiro atoms. The zero-order chi connectivity index (χ0) is 21.7. The number of hydrogen-bond donors (Lipinski definition) is 1. The molecule has 1 aliphatic heterocycles. The summed E-state index contributed by atoms with van der Waals surface area (Å²) in [5.74, 6) is 0.382. The predicted octanol–water partition coefficient (Wildman–Crippen LogP) is 5.55. The van der Waals surface area contributed by atoms with E-state index in [0.717, 1.165) is 22.6 Å². The molecule has 5 nitrogen and oxygen atoms in total. The molecule has 0 saturated heterocycles. The molecule has 2 aromatic carbocycles. The first kappa shape index (κ1) is 21.3. The van der Waals surface area contributed by atoms with Crippen molar-refractivity contribution in [3.63, 3.8) is 0 Å². The van der Waals surface area contributed by atoms with Gasteiger partial charge >= 0.3 is 0 Å². The van der Waals surface area contributed by atoms with Gasteiger partial charge in [0.05, 0.1) is 23.1 Å². The monoisotopic (exact) mass is 408 g/mol. The van der Waals surface area contributed by atoms with Crippen molar-refractivity contribution in [3.05, 3.63) is 71.2 Å². The van der Waals surface area contributed by atoms with Crippen LogP contribution in [0.25, 0.3) is 11.3 Å². The van der Waals surface area contributed by atoms with Gasteiger partial charge < -0.3 is 14.8 Å². The Morgan fingerprint density at radius 2 is 1.70 bits per heavy atom. The third kappa shape index (κ3) is 4.43. The molecule has 3 aromatic rings. The average molecular weight is 408 g/mol. The van der Waals surface area contributed by atoms with Gasteiger partial charge in [-0.15, -0.1) is 0 Å². The van der Waals surface area contributed by atoms with Crippen molar-refractivity contribution in [2.75, 3.05) is 18.5 Å². The van der Waals surface area contributed by atoms with E-state index in [-0.39, 0.29) is 5.56 Å². The maximum absolute atomic E-state index is 14.0. The van der Waals surface area contributed by atoms with E-state index in [1.807, 2.05) is 39.0 Å². The van der Waals surface area contributed by atoms with Gasteiger partial charge in [0, 0.05) is 5.56 Å². The molecule has 0 aliphatic carbocycles. The number of carbonyl (C=O) groups is 1. The van der Waals surface area contributed by atoms with Crippen LogP contribution in [0.15, 0.2) is 48.7 Å². The van der Waals surface area contributed by atoms with Gasteiger partial charge in [0.25, 0.3) is 5.91 Å². The summed E-state index contributed by atoms with van der Waals surface area (Å²) in [5, 5.41) is 2.70. The molecule has 0 radical (unpaired) electrons. The number of carbonyl (C=O) groups excluding carboxylic acids is 1. The number of halogens is 1. The summed E-state index contributed by atoms with van der Waals surface area (Å²) in [6.45, 7) is 8.74. The first-order chi connectivity index (χ1) is 14.5. The number of nitrogens with zero attached hydrogens (tertiary/aromatic N) is 1. The van der Waals surface area contributed by atoms with E-state index in [0.29, 0.717) is 30.2 Å². The SMILES string of the molecule is CC.Cc1cc2c(cc1-c1ccc(NC(=O)c3c(C)cccc3F)cn1)OCCO2. The molecule has 1 aliphatic rings. The number of aromatic nitrogens is 1. The van der Waals surface area contributed by atoms with E-state index in [9.17, 15) is 9.18 Å². The molecule has 0 unspecified atom stereocenters. The molecule has 0 bridgehead atoms. The molecule has 6 heteroatoms. The molecule has 0 saturated carbocycles. The van der Waals surface area contributed by atoms with Gasteiger partial charge in [-0.2, -0.15) is 0 Å². The van der Waals surface area contributed by atoms with Gasteiger partial charge in [-0.25, -0.2) is 4.39 Å². The van der Waals surface area contributed by atoms with E-state index in [2.05, 4.69) is 10.3 Å². The summed E-state index contributed by atoms with van der Waals surface area (Å²) in [5.41, 5.74) is 3.78. The fourth-order valence-corrected chi connectivity index (χ4v) is 3.21. The number of hydrogen-bond acceptors (Lipinski definition) is 4. The predicted molar refractivity (Wildman–Crippen MR) is 116 cm³/mol. The summed E-state index contributed by atoms with van der Waals surface area (Å²) in [4.78, 5) is 16.9. The van der Waals surface area contributed by atoms with E-state index in [4.69, 9.17) is 9.47 Å². The van der Waals surface area contributed by atoms with Gasteiger partial charge in [-0.05, 0) is 55.3 Å². The topological polar surface area (TPSA) is 60.5 Å². The molecule has 0 atom stereocenters. The van der Waals surface area contributed by atoms with Crippen molar-refractivity contribution >= 4 is 11.6 Å². The minimum Gasteiger partial charge on any atom is -0.486 e. The fraction of sp³-hybridized carbons (Fsp3) is 0.250. The summed E-state index contributed by atoms with van der Waals surface area (Å²) in [7, 11) is 0. The molecule has 0 fully saturated rings. The lowest BCUT2D eigenvalue weighted by atomic mass is 10.0. The van der Waals surface area contributed by atoms with Gasteiger partial charge in [-0.1, -0.05) is 26.0 Å². The summed E-state index contributed by atoms with van der Waals surface area (Å²) in [6.07, 6.45) is 1.56. The van der Waals surface area contributed by atoms with Crippen LogP contribution in [0, 0.1) is 19.7 Å². The molecular weight excluding hydrogens is 383 g/mol. The van der Waals surface area contributed by atoms with Crippen LogP contribution in [-0.2, 0) is 0 Å². The molecular formula is C24H25FN2O3. The highest BCUT2D eigenvalue weighted by Crippen LogP contribution is 2.36. The first-order valence-electron chi connectivity index (χ1n) is 9.96. The largest absolute Gasteiger partial charge is 0.486 e. The van der Waals surface area contributed by atoms with Crippen LogP contribution in [0.1, 0.15) is 35.3 Å². The zero-order valence-corrected chi connectivity index (χ0v) is 17.6. The second-order valence-electron chi connectivity index (χ2n) is 6.63. The Balaban J connectivity index is 0.00000124. The molecule has 1 N–H and O–H groups in total. The minimum absolute atomic E-state index is 0.0363. The molecule has 156 valence electrons. The van der Waals surface area contributed by atoms with E-state index < -0.39 is 11.7 Å². The lowest BCUT2D eigenvalue weighted by Gasteiger charge is -2.20. The second-order valence-corrected chi connectivity index (χ2v) is 6.63. The number of ether oxygens (including phenoxy) is 2. The lowest BCUT2D eigenvalue weighted by molar-refractivity contribution is 0.102. The van der Waals surface area contributed by atoms with Gasteiger partial charge in [0.15, 0.2) is 11.5 Å². The van der Waals surface area contributed by atoms with Crippen LogP contribution >= 0.6 is 0 Å². The zero-order valence-electron chi connectivity index (χ0n) is 17.6. The van der Waals surface area contributed by atoms with Crippen LogP contribution < -0.4 is 14.8 Å². The first-order valence-corrected chi connectivity index (χ1v) is 9.96. The number of nitrogens with one attached hydrogen (secondary N) is 1. The number of fused-ring (bicyclic) bond motifs is 1. The molecule has 1 aromatic heterocycles. The fourth-order valence-electron chi connectivity index (χ4n) is 3.21. The van der Waals surface area contributed by atoms with Gasteiger partial charge in [0.2, 0.25) is 0 Å². The highest BCUT2D eigenvalue weighted by atomic mass is 19.1. The molecule has 4 rings (SSSR count). The Bertz CT molecular complexity index is 1030. The van der Waals surface area contributed by atoms with Crippen molar-refractivity contribution in [2.24, 2.45) is 0 Å². The van der Waals surface area contributed by atoms with Crippen LogP contribution in [0.3, 0.4) is 0 Å². The van der Waals surface area contributed by atoms with Crippen molar-refractivity contribution in [1.29, 1.82) is 0 Å². The highest BCUT2D eigenvalue weighted by molar-refractivity contribution is 6.05. The maximum atomic E-state index is 14.0. The quantitative estimate of drug-likeness (QED) is 0.617. The number of pyridine rings is 1. The van der Waals surface area contributed by atoms with Crippen LogP contribution in [-0.4, -0.2) is 24.1 Å². The number of anilines is 1. The standard InChI is InChI=1S/C22H19FN2O3.C2H6/c1-13-4-3-5-17(23)21(13)22(26)25-15-6-7-18(24-12-15)16-11-20-19(10-14(16)2)27-8-9-28-20;1-2/h3-7,10-12H,8-9H2,1-2H3,(H,25,26);1-2H3. The number of amides is 1. The molecule has 30 heavy (non-hydrogen) atoms. The van der Waals surface area contributed by atoms with E-state index >= 15 is 0 Å². The van der Waals surface area contributed by atoms with E-state index in [1.54, 1.807) is 31.3 Å². The Kier molecular flexibility index (Phi) is 6.67. The average Bonchev–Trinajstić information content (AvgIpc) is 2.75. The van der Waals surface area contributed by atoms with Crippen molar-refractivity contribution in [2.45, 2.75) is 27.7 Å². The number of rotatable bonds is 3. The number of benzene rings is 2.